The fraction of sp³-hybridized carbons (Fsp3) is 0.640. The van der Waals surface area contributed by atoms with Crippen molar-refractivity contribution in [3.05, 3.63) is 24.5 Å². The van der Waals surface area contributed by atoms with Gasteiger partial charge in [0, 0.05) is 5.82 Å². The molecule has 1 aliphatic rings. The van der Waals surface area contributed by atoms with Gasteiger partial charge in [0.1, 0.15) is 36.1 Å². The number of aliphatic hydroxyl groups excluding tert-OH is 1. The van der Waals surface area contributed by atoms with Crippen LogP contribution in [0.3, 0.4) is 0 Å². The molecule has 3 heterocycles. The summed E-state index contributed by atoms with van der Waals surface area (Å²) in [7, 11) is -3.89. The van der Waals surface area contributed by atoms with Gasteiger partial charge in [-0.05, 0) is 32.8 Å². The molecule has 1 saturated heterocycles. The molecule has 2 aromatic heterocycles. The number of anilines is 1. The predicted octanol–water partition coefficient (Wildman–Crippen LogP) is 2.35. The van der Waals surface area contributed by atoms with Crippen LogP contribution in [0.25, 0.3) is 11.2 Å². The number of hydrogen-bond acceptors (Lipinski definition) is 11. The molecule has 16 heteroatoms. The summed E-state index contributed by atoms with van der Waals surface area (Å²) in [6.07, 6.45) is 0.555. The summed E-state index contributed by atoms with van der Waals surface area (Å²) in [4.78, 5) is 36.9. The second kappa shape index (κ2) is 14.8. The van der Waals surface area contributed by atoms with Crippen molar-refractivity contribution in [2.24, 2.45) is 0 Å². The number of imidazole rings is 1. The van der Waals surface area contributed by atoms with Crippen LogP contribution in [-0.4, -0.2) is 80.2 Å². The van der Waals surface area contributed by atoms with Crippen LogP contribution in [0.1, 0.15) is 59.6 Å². The van der Waals surface area contributed by atoms with Crippen LogP contribution in [-0.2, 0) is 28.4 Å². The monoisotopic (exact) mass is 599 g/mol. The van der Waals surface area contributed by atoms with E-state index in [9.17, 15) is 19.3 Å². The minimum absolute atomic E-state index is 0.0990. The lowest BCUT2D eigenvalue weighted by Crippen LogP contribution is -2.41. The normalized spacial score (nSPS) is 22.7. The maximum Gasteiger partial charge on any atom is 0.323 e. The summed E-state index contributed by atoms with van der Waals surface area (Å²) in [5.74, 6) is -0.0436. The van der Waals surface area contributed by atoms with E-state index in [1.165, 1.54) is 37.1 Å². The summed E-state index contributed by atoms with van der Waals surface area (Å²) < 4.78 is 46.6. The van der Waals surface area contributed by atoms with Gasteiger partial charge in [-0.25, -0.2) is 29.5 Å². The molecule has 2 aromatic rings. The first-order chi connectivity index (χ1) is 19.5. The number of alkyl halides is 1. The van der Waals surface area contributed by atoms with E-state index in [1.807, 2.05) is 13.8 Å². The maximum atomic E-state index is 15.2. The number of nitrogens with zero attached hydrogens (tertiary/aromatic N) is 4. The lowest BCUT2D eigenvalue weighted by molar-refractivity contribution is -0.145. The maximum absolute atomic E-state index is 15.2. The van der Waals surface area contributed by atoms with E-state index in [0.717, 1.165) is 18.7 Å². The second-order valence-electron chi connectivity index (χ2n) is 9.75. The van der Waals surface area contributed by atoms with E-state index in [0.29, 0.717) is 12.8 Å². The number of carbonyl (C=O) groups is 2. The number of rotatable bonds is 15. The van der Waals surface area contributed by atoms with Gasteiger partial charge in [0.15, 0.2) is 23.9 Å². The van der Waals surface area contributed by atoms with Crippen molar-refractivity contribution >= 4 is 36.4 Å². The van der Waals surface area contributed by atoms with Gasteiger partial charge in [-0.3, -0.25) is 18.7 Å². The number of aliphatic hydroxyl groups is 1. The largest absolute Gasteiger partial charge is 0.465 e. The zero-order valence-corrected chi connectivity index (χ0v) is 24.5. The highest BCUT2D eigenvalue weighted by Gasteiger charge is 2.45. The number of hydrogen-bond donors (Lipinski definition) is 4. The van der Waals surface area contributed by atoms with Gasteiger partial charge < -0.3 is 25.1 Å². The van der Waals surface area contributed by atoms with Crippen LogP contribution in [0.4, 0.5) is 10.2 Å². The minimum atomic E-state index is -3.89. The Morgan fingerprint density at radius 3 is 2.29 bits per heavy atom. The van der Waals surface area contributed by atoms with E-state index >= 15 is 4.39 Å². The number of carbonyl (C=O) groups excluding carboxylic acids is 2. The van der Waals surface area contributed by atoms with Gasteiger partial charge in [-0.1, -0.05) is 26.7 Å². The molecule has 0 amide bonds. The second-order valence-corrected chi connectivity index (χ2v) is 11.9. The highest BCUT2D eigenvalue weighted by Crippen LogP contribution is 2.42. The molecular formula is C25H39FN7O7P. The van der Waals surface area contributed by atoms with Crippen LogP contribution in [0.15, 0.2) is 24.5 Å². The Balaban J connectivity index is 1.80. The third-order valence-electron chi connectivity index (χ3n) is 6.34. The van der Waals surface area contributed by atoms with E-state index in [-0.39, 0.29) is 30.2 Å². The highest BCUT2D eigenvalue weighted by atomic mass is 31.2. The third kappa shape index (κ3) is 8.29. The van der Waals surface area contributed by atoms with Crippen molar-refractivity contribution in [1.29, 1.82) is 0 Å². The van der Waals surface area contributed by atoms with Crippen molar-refractivity contribution in [2.45, 2.75) is 90.1 Å². The molecule has 0 saturated carbocycles. The molecular weight excluding hydrogens is 560 g/mol. The van der Waals surface area contributed by atoms with Crippen molar-refractivity contribution in [3.63, 3.8) is 0 Å². The lowest BCUT2D eigenvalue weighted by atomic mass is 10.1. The molecule has 14 nitrogen and oxygen atoms in total. The fourth-order valence-electron chi connectivity index (χ4n) is 4.00. The Hall–Kier alpha value is -2.97. The smallest absolute Gasteiger partial charge is 0.323 e. The molecule has 41 heavy (non-hydrogen) atoms. The third-order valence-corrected chi connectivity index (χ3v) is 8.47. The van der Waals surface area contributed by atoms with Gasteiger partial charge in [0.25, 0.3) is 0 Å². The summed E-state index contributed by atoms with van der Waals surface area (Å²) in [6.45, 7) is 7.24. The number of nitrogens with one attached hydrogen (secondary N) is 2. The lowest BCUT2D eigenvalue weighted by Gasteiger charge is -2.24. The number of esters is 2. The molecule has 3 rings (SSSR count). The molecule has 5 N–H and O–H groups in total. The van der Waals surface area contributed by atoms with E-state index in [2.05, 4.69) is 25.1 Å². The summed E-state index contributed by atoms with van der Waals surface area (Å²) >= 11 is 0. The van der Waals surface area contributed by atoms with Crippen molar-refractivity contribution in [1.82, 2.24) is 29.7 Å². The molecule has 0 unspecified atom stereocenters. The van der Waals surface area contributed by atoms with E-state index in [1.54, 1.807) is 0 Å². The highest BCUT2D eigenvalue weighted by molar-refractivity contribution is 7.63. The number of fused-ring (bicyclic) bond motifs is 1. The summed E-state index contributed by atoms with van der Waals surface area (Å²) in [5, 5.41) is 16.0. The summed E-state index contributed by atoms with van der Waals surface area (Å²) in [5.41, 5.74) is 6.26. The average Bonchev–Trinajstić information content (AvgIpc) is 3.49. The summed E-state index contributed by atoms with van der Waals surface area (Å²) in [6, 6.07) is -2.06. The van der Waals surface area contributed by atoms with Crippen LogP contribution in [0.2, 0.25) is 0 Å². The Morgan fingerprint density at radius 2 is 1.73 bits per heavy atom. The molecule has 0 bridgehead atoms. The molecule has 0 aromatic carbocycles. The SMILES string of the molecule is CCCCOC(=O)[C@H](C)NP(=O)(/C=C/[C@H]1O[C@@H](n2cnc3c(N)ncnc32)[C@H](F)[C@@H]1O)N[C@@H](C)C(=O)OCCCC. The van der Waals surface area contributed by atoms with Gasteiger partial charge in [0.2, 0.25) is 7.44 Å². The molecule has 0 radical (unpaired) electrons. The van der Waals surface area contributed by atoms with Crippen LogP contribution in [0.5, 0.6) is 0 Å². The molecule has 0 spiro atoms. The van der Waals surface area contributed by atoms with Crippen LogP contribution < -0.4 is 15.9 Å². The van der Waals surface area contributed by atoms with Crippen molar-refractivity contribution < 1.29 is 37.9 Å². The van der Waals surface area contributed by atoms with Gasteiger partial charge in [-0.15, -0.1) is 0 Å². The molecule has 1 aliphatic heterocycles. The quantitative estimate of drug-likeness (QED) is 0.133. The molecule has 6 atom stereocenters. The van der Waals surface area contributed by atoms with Gasteiger partial charge in [-0.2, -0.15) is 0 Å². The van der Waals surface area contributed by atoms with E-state index < -0.39 is 56.1 Å². The number of nitrogens with two attached hydrogens (primary N) is 1. The predicted molar refractivity (Wildman–Crippen MR) is 148 cm³/mol. The van der Waals surface area contributed by atoms with Gasteiger partial charge >= 0.3 is 11.9 Å². The molecule has 1 fully saturated rings. The Morgan fingerprint density at radius 1 is 1.15 bits per heavy atom. The van der Waals surface area contributed by atoms with Crippen LogP contribution >= 0.6 is 7.44 Å². The zero-order valence-electron chi connectivity index (χ0n) is 23.6. The Kier molecular flexibility index (Phi) is 11.7. The van der Waals surface area contributed by atoms with E-state index in [4.69, 9.17) is 19.9 Å². The average molecular weight is 600 g/mol. The standard InChI is InChI=1S/C25H39FN7O7P/c1-5-7-10-38-24(35)15(3)31-41(37,32-16(4)25(36)39-11-8-6-2)12-9-17-20(34)18(26)23(40-17)33-14-30-19-21(27)28-13-29-22(19)33/h9,12-18,20,23,34H,5-8,10-11H2,1-4H3,(H2,27,28,29)(H2,31,32,37)/b12-9+/t15-,16-,17+,18+,20+,23+/m0/s1. The minimum Gasteiger partial charge on any atom is -0.465 e. The van der Waals surface area contributed by atoms with Crippen molar-refractivity contribution in [2.75, 3.05) is 18.9 Å². The Labute approximate surface area is 237 Å². The molecule has 228 valence electrons. The zero-order chi connectivity index (χ0) is 30.2. The number of aromatic nitrogens is 4. The van der Waals surface area contributed by atoms with Crippen LogP contribution in [0, 0.1) is 0 Å². The first-order valence-electron chi connectivity index (χ1n) is 13.6. The fourth-order valence-corrected chi connectivity index (χ4v) is 6.02. The topological polar surface area (TPSA) is 193 Å². The Bertz CT molecular complexity index is 1230. The number of nitrogen functional groups attached to an aromatic ring is 1. The first-order valence-corrected chi connectivity index (χ1v) is 15.4. The number of ether oxygens (including phenoxy) is 3. The molecule has 0 aliphatic carbocycles. The number of unbranched alkanes of at least 4 members (excludes halogenated alkanes) is 2. The van der Waals surface area contributed by atoms with Crippen molar-refractivity contribution in [3.8, 4) is 0 Å². The number of halogens is 1. The van der Waals surface area contributed by atoms with Gasteiger partial charge in [0.05, 0.1) is 19.5 Å². The first kappa shape index (κ1) is 32.5.